The fraction of sp³-hybridized carbons (Fsp3) is 0.333. The molecule has 7 nitrogen and oxygen atoms in total. The van der Waals surface area contributed by atoms with Crippen LogP contribution in [-0.4, -0.2) is 28.1 Å². The van der Waals surface area contributed by atoms with Crippen LogP contribution in [0.3, 0.4) is 0 Å². The van der Waals surface area contributed by atoms with Crippen LogP contribution in [-0.2, 0) is 5.41 Å². The second-order valence-electron chi connectivity index (χ2n) is 6.79. The Hall–Kier alpha value is -2.45. The zero-order valence-electron chi connectivity index (χ0n) is 15.1. The molecular weight excluding hydrogens is 386 g/mol. The van der Waals surface area contributed by atoms with E-state index >= 15 is 0 Å². The number of aromatic nitrogens is 3. The predicted molar refractivity (Wildman–Crippen MR) is 107 cm³/mol. The number of anilines is 2. The van der Waals surface area contributed by atoms with Crippen LogP contribution in [0.15, 0.2) is 18.5 Å². The SMILES string of the molecule is COc1ncc(NC(=O)Nc2cnc3sc(C)nc3c2C2(C)CC2)cc1Cl. The molecule has 0 saturated heterocycles. The molecule has 1 saturated carbocycles. The van der Waals surface area contributed by atoms with Crippen molar-refractivity contribution in [1.29, 1.82) is 0 Å². The van der Waals surface area contributed by atoms with Gasteiger partial charge in [-0.2, -0.15) is 0 Å². The number of thiazole rings is 1. The minimum absolute atomic E-state index is 0.0231. The van der Waals surface area contributed by atoms with E-state index in [0.29, 0.717) is 22.3 Å². The van der Waals surface area contributed by atoms with E-state index in [-0.39, 0.29) is 5.41 Å². The average Bonchev–Trinajstić information content (AvgIpc) is 3.23. The van der Waals surface area contributed by atoms with Crippen molar-refractivity contribution in [2.45, 2.75) is 32.1 Å². The molecule has 1 aliphatic carbocycles. The number of urea groups is 1. The van der Waals surface area contributed by atoms with Crippen LogP contribution >= 0.6 is 22.9 Å². The fourth-order valence-electron chi connectivity index (χ4n) is 3.05. The van der Waals surface area contributed by atoms with Crippen molar-refractivity contribution in [3.63, 3.8) is 0 Å². The number of pyridine rings is 2. The molecule has 27 heavy (non-hydrogen) atoms. The molecule has 3 aromatic heterocycles. The summed E-state index contributed by atoms with van der Waals surface area (Å²) in [6.07, 6.45) is 5.32. The Morgan fingerprint density at radius 1 is 1.30 bits per heavy atom. The topological polar surface area (TPSA) is 89.0 Å². The summed E-state index contributed by atoms with van der Waals surface area (Å²) in [5.74, 6) is 0.306. The highest BCUT2D eigenvalue weighted by molar-refractivity contribution is 7.18. The maximum atomic E-state index is 12.5. The van der Waals surface area contributed by atoms with Crippen LogP contribution in [0.4, 0.5) is 16.2 Å². The molecule has 0 radical (unpaired) electrons. The number of amides is 2. The van der Waals surface area contributed by atoms with Gasteiger partial charge in [-0.1, -0.05) is 29.9 Å². The Balaban J connectivity index is 1.61. The molecule has 0 bridgehead atoms. The summed E-state index contributed by atoms with van der Waals surface area (Å²) in [4.78, 5) is 26.6. The molecule has 4 rings (SSSR count). The number of halogens is 1. The normalized spacial score (nSPS) is 14.8. The van der Waals surface area contributed by atoms with Gasteiger partial charge in [-0.3, -0.25) is 0 Å². The lowest BCUT2D eigenvalue weighted by Crippen LogP contribution is -2.21. The van der Waals surface area contributed by atoms with Crippen molar-refractivity contribution in [2.75, 3.05) is 17.7 Å². The van der Waals surface area contributed by atoms with Crippen LogP contribution < -0.4 is 15.4 Å². The molecule has 0 spiro atoms. The van der Waals surface area contributed by atoms with E-state index in [1.807, 2.05) is 6.92 Å². The molecule has 3 aromatic rings. The first-order chi connectivity index (χ1) is 12.9. The van der Waals surface area contributed by atoms with Gasteiger partial charge in [-0.15, -0.1) is 0 Å². The highest BCUT2D eigenvalue weighted by atomic mass is 35.5. The molecule has 140 valence electrons. The lowest BCUT2D eigenvalue weighted by atomic mass is 9.96. The van der Waals surface area contributed by atoms with E-state index in [2.05, 4.69) is 32.5 Å². The smallest absolute Gasteiger partial charge is 0.323 e. The van der Waals surface area contributed by atoms with Crippen molar-refractivity contribution < 1.29 is 9.53 Å². The van der Waals surface area contributed by atoms with Gasteiger partial charge >= 0.3 is 6.03 Å². The van der Waals surface area contributed by atoms with Crippen LogP contribution in [0.25, 0.3) is 10.3 Å². The summed E-state index contributed by atoms with van der Waals surface area (Å²) in [5, 5.41) is 6.93. The first-order valence-corrected chi connectivity index (χ1v) is 9.63. The van der Waals surface area contributed by atoms with Crippen LogP contribution in [0, 0.1) is 6.92 Å². The van der Waals surface area contributed by atoms with Crippen molar-refractivity contribution in [1.82, 2.24) is 15.0 Å². The van der Waals surface area contributed by atoms with Gasteiger partial charge in [0.05, 0.1) is 35.9 Å². The number of rotatable bonds is 4. The van der Waals surface area contributed by atoms with Crippen molar-refractivity contribution in [2.24, 2.45) is 0 Å². The van der Waals surface area contributed by atoms with Gasteiger partial charge < -0.3 is 15.4 Å². The van der Waals surface area contributed by atoms with E-state index < -0.39 is 6.03 Å². The number of hydrogen-bond donors (Lipinski definition) is 2. The fourth-order valence-corrected chi connectivity index (χ4v) is 4.06. The molecule has 1 aliphatic rings. The lowest BCUT2D eigenvalue weighted by Gasteiger charge is -2.16. The second-order valence-corrected chi connectivity index (χ2v) is 8.38. The summed E-state index contributed by atoms with van der Waals surface area (Å²) in [6.45, 7) is 4.15. The number of hydrogen-bond acceptors (Lipinski definition) is 6. The maximum absolute atomic E-state index is 12.5. The quantitative estimate of drug-likeness (QED) is 0.656. The number of carbonyl (C=O) groups excluding carboxylic acids is 1. The molecule has 0 aliphatic heterocycles. The van der Waals surface area contributed by atoms with Crippen molar-refractivity contribution >= 4 is 50.7 Å². The van der Waals surface area contributed by atoms with Gasteiger partial charge in [0, 0.05) is 5.56 Å². The average molecular weight is 404 g/mol. The molecular formula is C18H18ClN5O2S. The number of nitrogens with one attached hydrogen (secondary N) is 2. The minimum Gasteiger partial charge on any atom is -0.480 e. The van der Waals surface area contributed by atoms with Crippen LogP contribution in [0.5, 0.6) is 5.88 Å². The van der Waals surface area contributed by atoms with Gasteiger partial charge in [0.1, 0.15) is 15.4 Å². The molecule has 0 unspecified atom stereocenters. The Morgan fingerprint density at radius 3 is 2.74 bits per heavy atom. The second kappa shape index (κ2) is 6.61. The number of methoxy groups -OCH3 is 1. The van der Waals surface area contributed by atoms with Gasteiger partial charge in [0.2, 0.25) is 5.88 Å². The highest BCUT2D eigenvalue weighted by Crippen LogP contribution is 2.52. The third-order valence-corrected chi connectivity index (χ3v) is 5.79. The summed E-state index contributed by atoms with van der Waals surface area (Å²) in [5.41, 5.74) is 3.10. The van der Waals surface area contributed by atoms with Gasteiger partial charge in [0.15, 0.2) is 0 Å². The Morgan fingerprint density at radius 2 is 2.07 bits per heavy atom. The summed E-state index contributed by atoms with van der Waals surface area (Å²) >= 11 is 7.62. The number of nitrogens with zero attached hydrogens (tertiary/aromatic N) is 3. The van der Waals surface area contributed by atoms with Crippen LogP contribution in [0.2, 0.25) is 5.02 Å². The summed E-state index contributed by atoms with van der Waals surface area (Å²) in [6, 6.07) is 1.19. The van der Waals surface area contributed by atoms with Crippen molar-refractivity contribution in [3.8, 4) is 5.88 Å². The zero-order valence-corrected chi connectivity index (χ0v) is 16.7. The maximum Gasteiger partial charge on any atom is 0.323 e. The number of aryl methyl sites for hydroxylation is 1. The van der Waals surface area contributed by atoms with E-state index in [9.17, 15) is 4.79 Å². The third kappa shape index (κ3) is 3.42. The Kier molecular flexibility index (Phi) is 4.39. The number of carbonyl (C=O) groups is 1. The number of ether oxygens (including phenoxy) is 1. The first-order valence-electron chi connectivity index (χ1n) is 8.44. The van der Waals surface area contributed by atoms with E-state index in [4.69, 9.17) is 16.3 Å². The van der Waals surface area contributed by atoms with Gasteiger partial charge in [-0.25, -0.2) is 19.7 Å². The first kappa shape index (κ1) is 17.9. The largest absolute Gasteiger partial charge is 0.480 e. The third-order valence-electron chi connectivity index (χ3n) is 4.64. The molecule has 0 aromatic carbocycles. The minimum atomic E-state index is -0.392. The van der Waals surface area contributed by atoms with Crippen molar-refractivity contribution in [3.05, 3.63) is 34.1 Å². The van der Waals surface area contributed by atoms with E-state index in [0.717, 1.165) is 33.8 Å². The monoisotopic (exact) mass is 403 g/mol. The van der Waals surface area contributed by atoms with E-state index in [1.165, 1.54) is 13.3 Å². The summed E-state index contributed by atoms with van der Waals surface area (Å²) < 4.78 is 5.02. The standard InChI is InChI=1S/C18H18ClN5O2S/c1-9-22-14-13(18(2)4-5-18)12(8-21-16(14)27-9)24-17(25)23-10-6-11(19)15(26-3)20-7-10/h6-8H,4-5H2,1-3H3,(H2,23,24,25). The Labute approximate surface area is 165 Å². The molecule has 2 amide bonds. The Bertz CT molecular complexity index is 1050. The van der Waals surface area contributed by atoms with Gasteiger partial charge in [-0.05, 0) is 31.2 Å². The molecule has 1 fully saturated rings. The highest BCUT2D eigenvalue weighted by Gasteiger charge is 2.43. The molecule has 2 N–H and O–H groups in total. The van der Waals surface area contributed by atoms with Gasteiger partial charge in [0.25, 0.3) is 0 Å². The van der Waals surface area contributed by atoms with E-state index in [1.54, 1.807) is 23.6 Å². The summed E-state index contributed by atoms with van der Waals surface area (Å²) in [7, 11) is 1.48. The lowest BCUT2D eigenvalue weighted by molar-refractivity contribution is 0.262. The zero-order chi connectivity index (χ0) is 19.2. The molecule has 0 atom stereocenters. The predicted octanol–water partition coefficient (Wildman–Crippen LogP) is 4.75. The number of fused-ring (bicyclic) bond motifs is 1. The molecule has 9 heteroatoms. The van der Waals surface area contributed by atoms with Crippen LogP contribution in [0.1, 0.15) is 30.3 Å². The molecule has 3 heterocycles.